The van der Waals surface area contributed by atoms with Crippen LogP contribution in [-0.2, 0) is 22.7 Å². The minimum absolute atomic E-state index is 0.00478. The van der Waals surface area contributed by atoms with Gasteiger partial charge in [-0.2, -0.15) is 0 Å². The molecule has 0 aliphatic rings. The van der Waals surface area contributed by atoms with Crippen molar-refractivity contribution in [3.8, 4) is 5.75 Å². The first-order valence-electron chi connectivity index (χ1n) is 12.8. The van der Waals surface area contributed by atoms with E-state index in [1.165, 1.54) is 0 Å². The molecule has 0 aliphatic heterocycles. The maximum Gasteiger partial charge on any atom is 0.242 e. The summed E-state index contributed by atoms with van der Waals surface area (Å²) in [7, 11) is 1.67. The number of carbonyl (C=O) groups excluding carboxylic acids is 2. The zero-order chi connectivity index (χ0) is 26.2. The number of hydrogen-bond acceptors (Lipinski definition) is 3. The Morgan fingerprint density at radius 2 is 1.80 bits per heavy atom. The molecule has 2 rings (SSSR count). The molecule has 6 nitrogen and oxygen atoms in total. The van der Waals surface area contributed by atoms with Crippen molar-refractivity contribution in [2.24, 2.45) is 11.3 Å². The van der Waals surface area contributed by atoms with E-state index in [9.17, 15) is 9.59 Å². The number of amides is 2. The average molecular weight is 484 g/mol. The van der Waals surface area contributed by atoms with E-state index >= 15 is 0 Å². The van der Waals surface area contributed by atoms with Gasteiger partial charge in [-0.1, -0.05) is 53.7 Å². The van der Waals surface area contributed by atoms with E-state index in [1.807, 2.05) is 56.1 Å². The summed E-state index contributed by atoms with van der Waals surface area (Å²) >= 11 is 0. The van der Waals surface area contributed by atoms with Crippen LogP contribution in [0, 0.1) is 11.3 Å². The van der Waals surface area contributed by atoms with Crippen molar-refractivity contribution in [3.05, 3.63) is 53.9 Å². The maximum absolute atomic E-state index is 13.6. The van der Waals surface area contributed by atoms with Gasteiger partial charge in [0.2, 0.25) is 11.8 Å². The summed E-state index contributed by atoms with van der Waals surface area (Å²) in [6, 6.07) is 12.2. The molecule has 1 aromatic carbocycles. The molecule has 0 saturated heterocycles. The molecular formula is C29H45N3O3. The lowest BCUT2D eigenvalue weighted by molar-refractivity contribution is -0.146. The van der Waals surface area contributed by atoms with Gasteiger partial charge >= 0.3 is 0 Å². The minimum atomic E-state index is -0.524. The summed E-state index contributed by atoms with van der Waals surface area (Å²) in [6.45, 7) is 16.1. The smallest absolute Gasteiger partial charge is 0.242 e. The number of carbonyl (C=O) groups is 2. The molecule has 0 bridgehead atoms. The summed E-state index contributed by atoms with van der Waals surface area (Å²) in [4.78, 5) is 30.4. The summed E-state index contributed by atoms with van der Waals surface area (Å²) in [5.74, 6) is 1.32. The predicted octanol–water partition coefficient (Wildman–Crippen LogP) is 5.59. The van der Waals surface area contributed by atoms with Crippen molar-refractivity contribution in [3.63, 3.8) is 0 Å². The third-order valence-electron chi connectivity index (χ3n) is 6.42. The number of nitrogens with zero attached hydrogens (tertiary/aromatic N) is 3. The summed E-state index contributed by atoms with van der Waals surface area (Å²) in [5, 5.41) is 0. The van der Waals surface area contributed by atoms with Crippen LogP contribution in [0.15, 0.2) is 42.6 Å². The quantitative estimate of drug-likeness (QED) is 0.395. The number of aromatic nitrogens is 1. The van der Waals surface area contributed by atoms with Crippen LogP contribution in [-0.4, -0.2) is 52.4 Å². The van der Waals surface area contributed by atoms with E-state index in [0.29, 0.717) is 25.6 Å². The lowest BCUT2D eigenvalue weighted by Crippen LogP contribution is -2.49. The van der Waals surface area contributed by atoms with Crippen molar-refractivity contribution >= 4 is 11.8 Å². The second kappa shape index (κ2) is 12.8. The van der Waals surface area contributed by atoms with Crippen molar-refractivity contribution in [1.29, 1.82) is 0 Å². The third kappa shape index (κ3) is 8.44. The molecule has 0 saturated carbocycles. The molecule has 1 aromatic heterocycles. The number of rotatable bonds is 12. The molecule has 2 aromatic rings. The van der Waals surface area contributed by atoms with Gasteiger partial charge in [0.05, 0.1) is 20.2 Å². The van der Waals surface area contributed by atoms with Crippen molar-refractivity contribution in [2.45, 2.75) is 80.4 Å². The summed E-state index contributed by atoms with van der Waals surface area (Å²) in [6.07, 6.45) is 3.77. The molecule has 35 heavy (non-hydrogen) atoms. The highest BCUT2D eigenvalue weighted by atomic mass is 16.5. The highest BCUT2D eigenvalue weighted by Gasteiger charge is 2.30. The largest absolute Gasteiger partial charge is 0.497 e. The number of methoxy groups -OCH3 is 1. The van der Waals surface area contributed by atoms with Gasteiger partial charge < -0.3 is 19.1 Å². The van der Waals surface area contributed by atoms with Gasteiger partial charge in [0, 0.05) is 36.4 Å². The van der Waals surface area contributed by atoms with Gasteiger partial charge in [-0.15, -0.1) is 0 Å². The fourth-order valence-corrected chi connectivity index (χ4v) is 3.99. The molecule has 1 atom stereocenters. The Morgan fingerprint density at radius 1 is 1.09 bits per heavy atom. The van der Waals surface area contributed by atoms with Gasteiger partial charge in [0.1, 0.15) is 5.75 Å². The summed E-state index contributed by atoms with van der Waals surface area (Å²) < 4.78 is 7.54. The van der Waals surface area contributed by atoms with E-state index in [2.05, 4.69) is 44.4 Å². The zero-order valence-corrected chi connectivity index (χ0v) is 23.0. The van der Waals surface area contributed by atoms with Crippen LogP contribution >= 0.6 is 0 Å². The molecule has 0 fully saturated rings. The van der Waals surface area contributed by atoms with E-state index in [0.717, 1.165) is 29.8 Å². The normalized spacial score (nSPS) is 12.5. The second-order valence-electron chi connectivity index (χ2n) is 10.9. The first-order valence-corrected chi connectivity index (χ1v) is 12.8. The lowest BCUT2D eigenvalue weighted by atomic mass is 9.94. The Kier molecular flexibility index (Phi) is 10.4. The Hall–Kier alpha value is -2.76. The van der Waals surface area contributed by atoms with Gasteiger partial charge in [-0.05, 0) is 55.5 Å². The van der Waals surface area contributed by atoms with Crippen LogP contribution in [0.25, 0.3) is 0 Å². The average Bonchev–Trinajstić information content (AvgIpc) is 3.24. The zero-order valence-electron chi connectivity index (χ0n) is 23.0. The first kappa shape index (κ1) is 28.5. The molecule has 0 aliphatic carbocycles. The van der Waals surface area contributed by atoms with E-state index in [-0.39, 0.29) is 24.4 Å². The maximum atomic E-state index is 13.6. The van der Waals surface area contributed by atoms with Gasteiger partial charge in [0.15, 0.2) is 0 Å². The van der Waals surface area contributed by atoms with E-state index in [4.69, 9.17) is 4.74 Å². The molecule has 1 unspecified atom stereocenters. The number of ether oxygens (including phenoxy) is 1. The molecule has 194 valence electrons. The Bertz CT molecular complexity index is 958. The number of benzene rings is 1. The SMILES string of the molecule is CCC(C)N(Cc1cccn1Cc1cccc(OC)c1)C(=O)CN(CCC(C)C)C(=O)C(C)(C)C. The molecule has 2 amide bonds. The fourth-order valence-electron chi connectivity index (χ4n) is 3.99. The van der Waals surface area contributed by atoms with Crippen LogP contribution in [0.1, 0.15) is 72.6 Å². The molecule has 1 heterocycles. The first-order chi connectivity index (χ1) is 16.5. The summed E-state index contributed by atoms with van der Waals surface area (Å²) in [5.41, 5.74) is 1.68. The fraction of sp³-hybridized carbons (Fsp3) is 0.586. The number of hydrogen-bond donors (Lipinski definition) is 0. The molecule has 0 N–H and O–H groups in total. The van der Waals surface area contributed by atoms with Crippen molar-refractivity contribution in [2.75, 3.05) is 20.2 Å². The van der Waals surface area contributed by atoms with Crippen LogP contribution in [0.4, 0.5) is 0 Å². The van der Waals surface area contributed by atoms with Crippen LogP contribution in [0.3, 0.4) is 0 Å². The molecule has 6 heteroatoms. The Balaban J connectivity index is 2.23. The third-order valence-corrected chi connectivity index (χ3v) is 6.42. The Labute approximate surface area is 212 Å². The Morgan fingerprint density at radius 3 is 2.40 bits per heavy atom. The van der Waals surface area contributed by atoms with E-state index < -0.39 is 5.41 Å². The van der Waals surface area contributed by atoms with Gasteiger partial charge in [-0.25, -0.2) is 0 Å². The molecule has 0 spiro atoms. The van der Waals surface area contributed by atoms with Crippen LogP contribution in [0.5, 0.6) is 5.75 Å². The van der Waals surface area contributed by atoms with Crippen molar-refractivity contribution < 1.29 is 14.3 Å². The monoisotopic (exact) mass is 483 g/mol. The topological polar surface area (TPSA) is 54.8 Å². The standard InChI is InChI=1S/C29H45N3O3/c1-9-23(4)32(27(33)21-31(17-15-22(2)3)28(34)29(5,6)7)20-25-13-11-16-30(25)19-24-12-10-14-26(18-24)35-8/h10-14,16,18,22-23H,9,15,17,19-21H2,1-8H3. The second-order valence-corrected chi connectivity index (χ2v) is 10.9. The van der Waals surface area contributed by atoms with E-state index in [1.54, 1.807) is 12.0 Å². The van der Waals surface area contributed by atoms with Gasteiger partial charge in [0.25, 0.3) is 0 Å². The minimum Gasteiger partial charge on any atom is -0.497 e. The predicted molar refractivity (Wildman–Crippen MR) is 142 cm³/mol. The highest BCUT2D eigenvalue weighted by Crippen LogP contribution is 2.21. The molecule has 0 radical (unpaired) electrons. The molecular weight excluding hydrogens is 438 g/mol. The van der Waals surface area contributed by atoms with Crippen molar-refractivity contribution in [1.82, 2.24) is 14.4 Å². The van der Waals surface area contributed by atoms with Crippen LogP contribution in [0.2, 0.25) is 0 Å². The highest BCUT2D eigenvalue weighted by molar-refractivity contribution is 5.87. The van der Waals surface area contributed by atoms with Crippen LogP contribution < -0.4 is 4.74 Å². The lowest BCUT2D eigenvalue weighted by Gasteiger charge is -2.34. The van der Waals surface area contributed by atoms with Gasteiger partial charge in [-0.3, -0.25) is 9.59 Å².